The minimum Gasteiger partial charge on any atom is -0.496 e. The Morgan fingerprint density at radius 3 is 2.35 bits per heavy atom. The molecule has 1 aliphatic heterocycles. The highest BCUT2D eigenvalue weighted by Crippen LogP contribution is 2.38. The van der Waals surface area contributed by atoms with Gasteiger partial charge in [0.25, 0.3) is 5.91 Å². The number of nitrogens with zero attached hydrogens (tertiary/aromatic N) is 1. The molecule has 1 fully saturated rings. The molecule has 0 radical (unpaired) electrons. The number of likely N-dealkylation sites (tertiary alicyclic amines) is 1. The van der Waals surface area contributed by atoms with Gasteiger partial charge in [-0.05, 0) is 64.7 Å². The lowest BCUT2D eigenvalue weighted by atomic mass is 10.0. The molecule has 26 heavy (non-hydrogen) atoms. The van der Waals surface area contributed by atoms with E-state index in [0.29, 0.717) is 22.8 Å². The molecule has 3 rings (SSSR count). The van der Waals surface area contributed by atoms with Gasteiger partial charge < -0.3 is 19.1 Å². The lowest BCUT2D eigenvalue weighted by Crippen LogP contribution is -2.30. The topological polar surface area (TPSA) is 48.0 Å². The minimum absolute atomic E-state index is 0.0191. The summed E-state index contributed by atoms with van der Waals surface area (Å²) in [6.07, 6.45) is 1.90. The zero-order valence-electron chi connectivity index (χ0n) is 15.1. The van der Waals surface area contributed by atoms with E-state index in [1.807, 2.05) is 29.2 Å². The van der Waals surface area contributed by atoms with Crippen LogP contribution >= 0.6 is 15.9 Å². The fourth-order valence-electron chi connectivity index (χ4n) is 3.38. The molecular formula is C20H22BrNO4. The highest BCUT2D eigenvalue weighted by molar-refractivity contribution is 9.10. The van der Waals surface area contributed by atoms with E-state index in [-0.39, 0.29) is 11.9 Å². The number of benzene rings is 2. The second-order valence-electron chi connectivity index (χ2n) is 6.12. The zero-order chi connectivity index (χ0) is 18.7. The second kappa shape index (κ2) is 7.99. The molecule has 0 saturated carbocycles. The minimum atomic E-state index is 0.0191. The maximum absolute atomic E-state index is 13.1. The van der Waals surface area contributed by atoms with Crippen molar-refractivity contribution in [2.45, 2.75) is 18.9 Å². The van der Waals surface area contributed by atoms with Gasteiger partial charge in [0, 0.05) is 12.1 Å². The molecule has 6 heteroatoms. The molecule has 0 aliphatic carbocycles. The molecule has 0 spiro atoms. The van der Waals surface area contributed by atoms with Gasteiger partial charge in [0.15, 0.2) is 11.5 Å². The molecule has 138 valence electrons. The Bertz CT molecular complexity index is 808. The molecule has 2 aromatic carbocycles. The molecule has 2 aromatic rings. The number of ether oxygens (including phenoxy) is 3. The summed E-state index contributed by atoms with van der Waals surface area (Å²) in [5.41, 5.74) is 1.70. The summed E-state index contributed by atoms with van der Waals surface area (Å²) in [4.78, 5) is 15.0. The number of halogens is 1. The summed E-state index contributed by atoms with van der Waals surface area (Å²) in [5, 5.41) is 0. The monoisotopic (exact) mass is 419 g/mol. The van der Waals surface area contributed by atoms with Gasteiger partial charge in [0.1, 0.15) is 5.75 Å². The number of carbonyl (C=O) groups is 1. The first-order valence-corrected chi connectivity index (χ1v) is 9.24. The Hall–Kier alpha value is -2.21. The Kier molecular flexibility index (Phi) is 5.71. The lowest BCUT2D eigenvalue weighted by molar-refractivity contribution is 0.0735. The molecule has 0 N–H and O–H groups in total. The van der Waals surface area contributed by atoms with Crippen LogP contribution in [-0.2, 0) is 0 Å². The average molecular weight is 420 g/mol. The van der Waals surface area contributed by atoms with Gasteiger partial charge in [-0.1, -0.05) is 6.07 Å². The van der Waals surface area contributed by atoms with E-state index in [0.717, 1.165) is 29.4 Å². The van der Waals surface area contributed by atoms with Crippen molar-refractivity contribution in [3.63, 3.8) is 0 Å². The molecule has 1 aliphatic rings. The molecule has 5 nitrogen and oxygen atoms in total. The first-order valence-electron chi connectivity index (χ1n) is 8.45. The fraction of sp³-hybridized carbons (Fsp3) is 0.350. The van der Waals surface area contributed by atoms with E-state index in [4.69, 9.17) is 14.2 Å². The normalized spacial score (nSPS) is 16.5. The van der Waals surface area contributed by atoms with Gasteiger partial charge in [-0.2, -0.15) is 0 Å². The maximum atomic E-state index is 13.1. The fourth-order valence-corrected chi connectivity index (χ4v) is 3.92. The van der Waals surface area contributed by atoms with Gasteiger partial charge in [0.2, 0.25) is 0 Å². The van der Waals surface area contributed by atoms with Crippen molar-refractivity contribution >= 4 is 21.8 Å². The molecular weight excluding hydrogens is 398 g/mol. The van der Waals surface area contributed by atoms with Crippen LogP contribution in [0.5, 0.6) is 17.2 Å². The second-order valence-corrected chi connectivity index (χ2v) is 6.97. The molecule has 0 bridgehead atoms. The van der Waals surface area contributed by atoms with Crippen molar-refractivity contribution in [2.75, 3.05) is 27.9 Å². The van der Waals surface area contributed by atoms with Crippen molar-refractivity contribution in [1.82, 2.24) is 4.90 Å². The number of hydrogen-bond donors (Lipinski definition) is 0. The highest BCUT2D eigenvalue weighted by Gasteiger charge is 2.31. The van der Waals surface area contributed by atoms with Crippen LogP contribution in [-0.4, -0.2) is 38.7 Å². The van der Waals surface area contributed by atoms with Crippen molar-refractivity contribution in [3.05, 3.63) is 52.0 Å². The van der Waals surface area contributed by atoms with Gasteiger partial charge in [0.05, 0.1) is 31.8 Å². The van der Waals surface area contributed by atoms with Crippen LogP contribution in [0.2, 0.25) is 0 Å². The molecule has 1 atom stereocenters. The quantitative estimate of drug-likeness (QED) is 0.717. The third kappa shape index (κ3) is 3.51. The number of methoxy groups -OCH3 is 3. The third-order valence-corrected chi connectivity index (χ3v) is 5.32. The highest BCUT2D eigenvalue weighted by atomic mass is 79.9. The van der Waals surface area contributed by atoms with Crippen LogP contribution in [0.15, 0.2) is 40.9 Å². The van der Waals surface area contributed by atoms with E-state index >= 15 is 0 Å². The van der Waals surface area contributed by atoms with Crippen LogP contribution in [0.3, 0.4) is 0 Å². The number of rotatable bonds is 5. The van der Waals surface area contributed by atoms with E-state index in [9.17, 15) is 4.79 Å². The predicted molar refractivity (Wildman–Crippen MR) is 103 cm³/mol. The van der Waals surface area contributed by atoms with Crippen LogP contribution in [0.25, 0.3) is 0 Å². The van der Waals surface area contributed by atoms with Gasteiger partial charge >= 0.3 is 0 Å². The Morgan fingerprint density at radius 1 is 1.00 bits per heavy atom. The van der Waals surface area contributed by atoms with Crippen LogP contribution in [0.4, 0.5) is 0 Å². The van der Waals surface area contributed by atoms with Gasteiger partial charge in [-0.3, -0.25) is 4.79 Å². The summed E-state index contributed by atoms with van der Waals surface area (Å²) in [5.74, 6) is 2.09. The lowest BCUT2D eigenvalue weighted by Gasteiger charge is -2.26. The largest absolute Gasteiger partial charge is 0.496 e. The SMILES string of the molecule is COc1ccc(C(=O)N2CCCC2c2ccc(OC)c(OC)c2)cc1Br. The first-order chi connectivity index (χ1) is 12.6. The third-order valence-electron chi connectivity index (χ3n) is 4.70. The number of hydrogen-bond acceptors (Lipinski definition) is 4. The van der Waals surface area contributed by atoms with Crippen LogP contribution in [0, 0.1) is 0 Å². The smallest absolute Gasteiger partial charge is 0.254 e. The summed E-state index contributed by atoms with van der Waals surface area (Å²) < 4.78 is 16.7. The van der Waals surface area contributed by atoms with Gasteiger partial charge in [-0.25, -0.2) is 0 Å². The molecule has 1 heterocycles. The molecule has 0 aromatic heterocycles. The Balaban J connectivity index is 1.88. The maximum Gasteiger partial charge on any atom is 0.254 e. The zero-order valence-corrected chi connectivity index (χ0v) is 16.7. The number of amides is 1. The van der Waals surface area contributed by atoms with Crippen LogP contribution in [0.1, 0.15) is 34.8 Å². The summed E-state index contributed by atoms with van der Waals surface area (Å²) in [7, 11) is 4.84. The standard InChI is InChI=1S/C20H22BrNO4/c1-24-17-8-7-14(11-15(17)21)20(23)22-10-4-5-16(22)13-6-9-18(25-2)19(12-13)26-3/h6-9,11-12,16H,4-5,10H2,1-3H3. The van der Waals surface area contributed by atoms with E-state index in [1.165, 1.54) is 0 Å². The van der Waals surface area contributed by atoms with Crippen molar-refractivity contribution in [2.24, 2.45) is 0 Å². The first kappa shape index (κ1) is 18.6. The summed E-state index contributed by atoms with van der Waals surface area (Å²) in [6, 6.07) is 11.3. The molecule has 1 unspecified atom stereocenters. The number of carbonyl (C=O) groups excluding carboxylic acids is 1. The van der Waals surface area contributed by atoms with E-state index in [2.05, 4.69) is 15.9 Å². The van der Waals surface area contributed by atoms with E-state index < -0.39 is 0 Å². The summed E-state index contributed by atoms with van der Waals surface area (Å²) >= 11 is 3.45. The summed E-state index contributed by atoms with van der Waals surface area (Å²) in [6.45, 7) is 0.738. The Morgan fingerprint density at radius 2 is 1.69 bits per heavy atom. The van der Waals surface area contributed by atoms with Crippen molar-refractivity contribution in [1.29, 1.82) is 0 Å². The molecule has 1 saturated heterocycles. The van der Waals surface area contributed by atoms with Crippen molar-refractivity contribution < 1.29 is 19.0 Å². The average Bonchev–Trinajstić information content (AvgIpc) is 3.16. The van der Waals surface area contributed by atoms with Crippen LogP contribution < -0.4 is 14.2 Å². The van der Waals surface area contributed by atoms with E-state index in [1.54, 1.807) is 33.5 Å². The van der Waals surface area contributed by atoms with Crippen molar-refractivity contribution in [3.8, 4) is 17.2 Å². The Labute approximate surface area is 162 Å². The van der Waals surface area contributed by atoms with Gasteiger partial charge in [-0.15, -0.1) is 0 Å². The predicted octanol–water partition coefficient (Wildman–Crippen LogP) is 4.45. The molecule has 1 amide bonds.